The molecule has 0 aromatic heterocycles. The zero-order valence-corrected chi connectivity index (χ0v) is 14.8. The summed E-state index contributed by atoms with van der Waals surface area (Å²) >= 11 is 5.88. The number of hydrogen-bond acceptors (Lipinski definition) is 4. The fourth-order valence-corrected chi connectivity index (χ4v) is 2.74. The number of aliphatic imine (C=N–C) groups is 1. The van der Waals surface area contributed by atoms with E-state index in [1.165, 1.54) is 0 Å². The molecule has 1 aliphatic heterocycles. The molecule has 0 N–H and O–H groups in total. The van der Waals surface area contributed by atoms with Crippen molar-refractivity contribution in [3.8, 4) is 5.75 Å². The maximum absolute atomic E-state index is 12.0. The fraction of sp³-hybridized carbons (Fsp3) is 0.200. The van der Waals surface area contributed by atoms with Crippen molar-refractivity contribution in [2.24, 2.45) is 4.99 Å². The number of halogens is 1. The maximum atomic E-state index is 12.0. The third-order valence-electron chi connectivity index (χ3n) is 3.93. The molecule has 128 valence electrons. The summed E-state index contributed by atoms with van der Waals surface area (Å²) in [6.07, 6.45) is 3.02. The van der Waals surface area contributed by atoms with Crippen molar-refractivity contribution >= 4 is 29.5 Å². The van der Waals surface area contributed by atoms with Gasteiger partial charge in [-0.2, -0.15) is 0 Å². The Kier molecular flexibility index (Phi) is 5.19. The molecule has 4 nitrogen and oxygen atoms in total. The number of aryl methyl sites for hydroxylation is 2. The van der Waals surface area contributed by atoms with Gasteiger partial charge in [0.25, 0.3) is 0 Å². The van der Waals surface area contributed by atoms with E-state index in [-0.39, 0.29) is 0 Å². The highest BCUT2D eigenvalue weighted by molar-refractivity contribution is 6.30. The first kappa shape index (κ1) is 17.2. The van der Waals surface area contributed by atoms with Crippen LogP contribution in [0.2, 0.25) is 5.02 Å². The van der Waals surface area contributed by atoms with Crippen LogP contribution in [0.5, 0.6) is 5.75 Å². The van der Waals surface area contributed by atoms with Gasteiger partial charge in [0.2, 0.25) is 0 Å². The Labute approximate surface area is 151 Å². The third-order valence-corrected chi connectivity index (χ3v) is 4.18. The summed E-state index contributed by atoms with van der Waals surface area (Å²) in [5, 5.41) is 0.702. The Morgan fingerprint density at radius 3 is 2.60 bits per heavy atom. The van der Waals surface area contributed by atoms with E-state index in [4.69, 9.17) is 21.1 Å². The highest BCUT2D eigenvalue weighted by Crippen LogP contribution is 2.22. The first-order chi connectivity index (χ1) is 12.0. The molecule has 1 aliphatic rings. The first-order valence-electron chi connectivity index (χ1n) is 7.95. The van der Waals surface area contributed by atoms with Gasteiger partial charge in [0, 0.05) is 11.4 Å². The van der Waals surface area contributed by atoms with Crippen molar-refractivity contribution in [3.63, 3.8) is 0 Å². The molecule has 2 aromatic carbocycles. The summed E-state index contributed by atoms with van der Waals surface area (Å²) in [5.41, 5.74) is 3.31. The number of benzene rings is 2. The minimum absolute atomic E-state index is 0.315. The Balaban J connectivity index is 1.71. The number of esters is 1. The molecule has 0 spiro atoms. The zero-order valence-electron chi connectivity index (χ0n) is 14.1. The number of cyclic esters (lactones) is 1. The summed E-state index contributed by atoms with van der Waals surface area (Å²) in [6, 6.07) is 13.3. The standard InChI is InChI=1S/C20H18ClNO3/c1-13-11-15(5-9-18(13)24-2)12-17-20(23)25-19(22-17)10-6-14-3-7-16(21)8-4-14/h3-5,7-9,11-12H,6,10H2,1-2H3/b17-12+. The third kappa shape index (κ3) is 4.28. The second-order valence-corrected chi connectivity index (χ2v) is 6.22. The van der Waals surface area contributed by atoms with E-state index < -0.39 is 5.97 Å². The predicted octanol–water partition coefficient (Wildman–Crippen LogP) is 4.59. The molecular formula is C20H18ClNO3. The Hall–Kier alpha value is -2.59. The first-order valence-corrected chi connectivity index (χ1v) is 8.33. The largest absolute Gasteiger partial charge is 0.496 e. The molecule has 0 radical (unpaired) electrons. The van der Waals surface area contributed by atoms with E-state index in [0.717, 1.165) is 28.9 Å². The van der Waals surface area contributed by atoms with Gasteiger partial charge in [-0.3, -0.25) is 0 Å². The predicted molar refractivity (Wildman–Crippen MR) is 99.0 cm³/mol. The van der Waals surface area contributed by atoms with E-state index in [2.05, 4.69) is 4.99 Å². The molecule has 25 heavy (non-hydrogen) atoms. The molecular weight excluding hydrogens is 338 g/mol. The summed E-state index contributed by atoms with van der Waals surface area (Å²) in [4.78, 5) is 16.3. The van der Waals surface area contributed by atoms with Crippen LogP contribution in [0, 0.1) is 6.92 Å². The van der Waals surface area contributed by atoms with Gasteiger partial charge in [-0.25, -0.2) is 9.79 Å². The van der Waals surface area contributed by atoms with E-state index in [9.17, 15) is 4.79 Å². The minimum Gasteiger partial charge on any atom is -0.496 e. The van der Waals surface area contributed by atoms with Crippen LogP contribution < -0.4 is 4.74 Å². The monoisotopic (exact) mass is 355 g/mol. The lowest BCUT2D eigenvalue weighted by atomic mass is 10.1. The molecule has 0 aliphatic carbocycles. The SMILES string of the molecule is COc1ccc(/C=C2/N=C(CCc3ccc(Cl)cc3)OC2=O)cc1C. The topological polar surface area (TPSA) is 47.9 Å². The van der Waals surface area contributed by atoms with Crippen molar-refractivity contribution in [2.45, 2.75) is 19.8 Å². The lowest BCUT2D eigenvalue weighted by Crippen LogP contribution is -2.05. The van der Waals surface area contributed by atoms with Crippen LogP contribution in [0.3, 0.4) is 0 Å². The summed E-state index contributed by atoms with van der Waals surface area (Å²) in [5.74, 6) is 0.833. The van der Waals surface area contributed by atoms with Gasteiger partial charge >= 0.3 is 5.97 Å². The molecule has 0 bridgehead atoms. The van der Waals surface area contributed by atoms with Gasteiger partial charge < -0.3 is 9.47 Å². The molecule has 3 rings (SSSR count). The number of nitrogens with zero attached hydrogens (tertiary/aromatic N) is 1. The van der Waals surface area contributed by atoms with E-state index in [1.54, 1.807) is 13.2 Å². The zero-order chi connectivity index (χ0) is 17.8. The van der Waals surface area contributed by atoms with Crippen LogP contribution in [0.25, 0.3) is 6.08 Å². The molecule has 0 atom stereocenters. The van der Waals surface area contributed by atoms with Crippen LogP contribution in [-0.4, -0.2) is 19.0 Å². The molecule has 0 saturated carbocycles. The maximum Gasteiger partial charge on any atom is 0.363 e. The van der Waals surface area contributed by atoms with Crippen LogP contribution in [0.15, 0.2) is 53.2 Å². The van der Waals surface area contributed by atoms with E-state index >= 15 is 0 Å². The lowest BCUT2D eigenvalue weighted by molar-refractivity contribution is -0.130. The Morgan fingerprint density at radius 2 is 1.92 bits per heavy atom. The van der Waals surface area contributed by atoms with Crippen LogP contribution in [0.4, 0.5) is 0 Å². The fourth-order valence-electron chi connectivity index (χ4n) is 2.61. The minimum atomic E-state index is -0.417. The number of carbonyl (C=O) groups is 1. The molecule has 0 unspecified atom stereocenters. The van der Waals surface area contributed by atoms with Gasteiger partial charge in [-0.05, 0) is 60.4 Å². The van der Waals surface area contributed by atoms with Crippen LogP contribution in [0.1, 0.15) is 23.1 Å². The second-order valence-electron chi connectivity index (χ2n) is 5.78. The van der Waals surface area contributed by atoms with Crippen molar-refractivity contribution in [2.75, 3.05) is 7.11 Å². The van der Waals surface area contributed by atoms with E-state index in [1.807, 2.05) is 49.4 Å². The summed E-state index contributed by atoms with van der Waals surface area (Å²) in [6.45, 7) is 1.95. The molecule has 0 saturated heterocycles. The van der Waals surface area contributed by atoms with Gasteiger partial charge in [-0.15, -0.1) is 0 Å². The van der Waals surface area contributed by atoms with Crippen LogP contribution in [-0.2, 0) is 16.0 Å². The molecule has 2 aromatic rings. The highest BCUT2D eigenvalue weighted by atomic mass is 35.5. The van der Waals surface area contributed by atoms with Crippen molar-refractivity contribution in [1.82, 2.24) is 0 Å². The average molecular weight is 356 g/mol. The molecule has 0 amide bonds. The molecule has 0 fully saturated rings. The Bertz CT molecular complexity index is 854. The van der Waals surface area contributed by atoms with Crippen molar-refractivity contribution < 1.29 is 14.3 Å². The van der Waals surface area contributed by atoms with E-state index in [0.29, 0.717) is 23.0 Å². The van der Waals surface area contributed by atoms with Crippen LogP contribution >= 0.6 is 11.6 Å². The van der Waals surface area contributed by atoms with Gasteiger partial charge in [-0.1, -0.05) is 29.8 Å². The molecule has 5 heteroatoms. The number of methoxy groups -OCH3 is 1. The normalized spacial score (nSPS) is 15.2. The Morgan fingerprint density at radius 1 is 1.16 bits per heavy atom. The summed E-state index contributed by atoms with van der Waals surface area (Å²) < 4.78 is 10.5. The van der Waals surface area contributed by atoms with Gasteiger partial charge in [0.1, 0.15) is 5.75 Å². The van der Waals surface area contributed by atoms with Gasteiger partial charge in [0.05, 0.1) is 7.11 Å². The van der Waals surface area contributed by atoms with Gasteiger partial charge in [0.15, 0.2) is 11.6 Å². The lowest BCUT2D eigenvalue weighted by Gasteiger charge is -2.04. The smallest absolute Gasteiger partial charge is 0.363 e. The number of rotatable bonds is 5. The number of ether oxygens (including phenoxy) is 2. The average Bonchev–Trinajstić information content (AvgIpc) is 2.94. The van der Waals surface area contributed by atoms with Crippen molar-refractivity contribution in [3.05, 3.63) is 69.9 Å². The summed E-state index contributed by atoms with van der Waals surface area (Å²) in [7, 11) is 1.63. The number of hydrogen-bond donors (Lipinski definition) is 0. The number of carbonyl (C=O) groups excluding carboxylic acids is 1. The quantitative estimate of drug-likeness (QED) is 0.582. The second kappa shape index (κ2) is 7.53. The van der Waals surface area contributed by atoms with Crippen molar-refractivity contribution in [1.29, 1.82) is 0 Å². The highest BCUT2D eigenvalue weighted by Gasteiger charge is 2.22. The molecule has 1 heterocycles.